The number of hydrogen-bond acceptors (Lipinski definition) is 7. The normalized spacial score (nSPS) is 9.83. The maximum absolute atomic E-state index is 11.4. The van der Waals surface area contributed by atoms with E-state index in [1.54, 1.807) is 0 Å². The van der Waals surface area contributed by atoms with E-state index < -0.39 is 10.9 Å². The highest BCUT2D eigenvalue weighted by atomic mass is 32.1. The van der Waals surface area contributed by atoms with E-state index in [0.717, 1.165) is 17.5 Å². The van der Waals surface area contributed by atoms with Crippen molar-refractivity contribution in [3.63, 3.8) is 0 Å². The first-order valence-electron chi connectivity index (χ1n) is 5.02. The van der Waals surface area contributed by atoms with E-state index in [1.807, 2.05) is 0 Å². The van der Waals surface area contributed by atoms with Crippen LogP contribution < -0.4 is 5.32 Å². The molecule has 18 heavy (non-hydrogen) atoms. The third-order valence-electron chi connectivity index (χ3n) is 1.77. The second kappa shape index (κ2) is 6.64. The average Bonchev–Trinajstić information content (AvgIpc) is 2.72. The van der Waals surface area contributed by atoms with E-state index in [-0.39, 0.29) is 29.1 Å². The molecule has 1 N–H and O–H groups in total. The Morgan fingerprint density at radius 3 is 2.89 bits per heavy atom. The van der Waals surface area contributed by atoms with Crippen molar-refractivity contribution in [2.24, 2.45) is 0 Å². The SMILES string of the molecule is CC(=O)OCCCC(=O)Nc1ncc([N+](=O)[O-])s1. The van der Waals surface area contributed by atoms with Gasteiger partial charge in [0.1, 0.15) is 6.20 Å². The fourth-order valence-corrected chi connectivity index (χ4v) is 1.69. The molecule has 1 heterocycles. The highest BCUT2D eigenvalue weighted by Crippen LogP contribution is 2.24. The van der Waals surface area contributed by atoms with Crippen molar-refractivity contribution in [1.82, 2.24) is 4.98 Å². The van der Waals surface area contributed by atoms with Crippen LogP contribution in [0.1, 0.15) is 19.8 Å². The summed E-state index contributed by atoms with van der Waals surface area (Å²) in [4.78, 5) is 35.3. The van der Waals surface area contributed by atoms with Gasteiger partial charge in [0.05, 0.1) is 11.5 Å². The fourth-order valence-electron chi connectivity index (χ4n) is 1.04. The van der Waals surface area contributed by atoms with E-state index in [0.29, 0.717) is 6.42 Å². The summed E-state index contributed by atoms with van der Waals surface area (Å²) in [5, 5.41) is 12.9. The summed E-state index contributed by atoms with van der Waals surface area (Å²) in [6, 6.07) is 0. The maximum Gasteiger partial charge on any atom is 0.345 e. The lowest BCUT2D eigenvalue weighted by Crippen LogP contribution is -2.12. The third kappa shape index (κ3) is 4.87. The fraction of sp³-hybridized carbons (Fsp3) is 0.444. The van der Waals surface area contributed by atoms with Crippen LogP contribution in [0, 0.1) is 10.1 Å². The number of rotatable bonds is 6. The highest BCUT2D eigenvalue weighted by Gasteiger charge is 2.13. The number of nitrogens with one attached hydrogen (secondary N) is 1. The van der Waals surface area contributed by atoms with Gasteiger partial charge in [-0.3, -0.25) is 19.7 Å². The minimum atomic E-state index is -0.575. The quantitative estimate of drug-likeness (QED) is 0.362. The number of amides is 1. The molecule has 0 unspecified atom stereocenters. The molecule has 0 aromatic carbocycles. The van der Waals surface area contributed by atoms with Gasteiger partial charge in [-0.05, 0) is 17.8 Å². The lowest BCUT2D eigenvalue weighted by molar-refractivity contribution is -0.380. The van der Waals surface area contributed by atoms with Crippen LogP contribution in [0.3, 0.4) is 0 Å². The molecule has 1 amide bonds. The zero-order chi connectivity index (χ0) is 13.5. The first kappa shape index (κ1) is 14.0. The zero-order valence-corrected chi connectivity index (χ0v) is 10.4. The Balaban J connectivity index is 2.31. The van der Waals surface area contributed by atoms with Gasteiger partial charge in [0.25, 0.3) is 0 Å². The smallest absolute Gasteiger partial charge is 0.345 e. The summed E-state index contributed by atoms with van der Waals surface area (Å²) < 4.78 is 4.66. The van der Waals surface area contributed by atoms with Gasteiger partial charge in [0, 0.05) is 13.3 Å². The van der Waals surface area contributed by atoms with E-state index in [2.05, 4.69) is 15.0 Å². The molecule has 0 radical (unpaired) electrons. The monoisotopic (exact) mass is 273 g/mol. The van der Waals surface area contributed by atoms with Gasteiger partial charge in [0.2, 0.25) is 5.91 Å². The Hall–Kier alpha value is -2.03. The third-order valence-corrected chi connectivity index (χ3v) is 2.64. The molecule has 0 spiro atoms. The van der Waals surface area contributed by atoms with Gasteiger partial charge in [-0.1, -0.05) is 0 Å². The van der Waals surface area contributed by atoms with Crippen LogP contribution in [-0.2, 0) is 14.3 Å². The number of ether oxygens (including phenoxy) is 1. The first-order chi connectivity index (χ1) is 8.49. The largest absolute Gasteiger partial charge is 0.466 e. The van der Waals surface area contributed by atoms with Gasteiger partial charge in [-0.15, -0.1) is 0 Å². The van der Waals surface area contributed by atoms with Gasteiger partial charge in [-0.2, -0.15) is 0 Å². The van der Waals surface area contributed by atoms with Crippen LogP contribution in [0.5, 0.6) is 0 Å². The molecule has 0 aliphatic carbocycles. The molecule has 1 aromatic heterocycles. The number of esters is 1. The number of carbonyl (C=O) groups excluding carboxylic acids is 2. The van der Waals surface area contributed by atoms with Crippen molar-refractivity contribution < 1.29 is 19.2 Å². The van der Waals surface area contributed by atoms with Crippen LogP contribution in [0.4, 0.5) is 10.1 Å². The number of nitro groups is 1. The van der Waals surface area contributed by atoms with E-state index in [9.17, 15) is 19.7 Å². The van der Waals surface area contributed by atoms with Crippen molar-refractivity contribution in [3.05, 3.63) is 16.3 Å². The molecule has 0 atom stereocenters. The highest BCUT2D eigenvalue weighted by molar-refractivity contribution is 7.18. The van der Waals surface area contributed by atoms with Crippen molar-refractivity contribution in [2.75, 3.05) is 11.9 Å². The van der Waals surface area contributed by atoms with Crippen molar-refractivity contribution in [2.45, 2.75) is 19.8 Å². The second-order valence-corrected chi connectivity index (χ2v) is 4.26. The van der Waals surface area contributed by atoms with Gasteiger partial charge in [0.15, 0.2) is 5.13 Å². The molecule has 0 bridgehead atoms. The van der Waals surface area contributed by atoms with Crippen molar-refractivity contribution in [1.29, 1.82) is 0 Å². The number of nitrogens with zero attached hydrogens (tertiary/aromatic N) is 2. The summed E-state index contributed by atoms with van der Waals surface area (Å²) in [6.45, 7) is 1.45. The number of aromatic nitrogens is 1. The lowest BCUT2D eigenvalue weighted by Gasteiger charge is -2.01. The van der Waals surface area contributed by atoms with Crippen LogP contribution in [-0.4, -0.2) is 28.4 Å². The Bertz CT molecular complexity index is 459. The molecular weight excluding hydrogens is 262 g/mol. The summed E-state index contributed by atoms with van der Waals surface area (Å²) in [5.74, 6) is -0.725. The Labute approximate surface area is 106 Å². The summed E-state index contributed by atoms with van der Waals surface area (Å²) >= 11 is 0.786. The lowest BCUT2D eigenvalue weighted by atomic mass is 10.3. The molecule has 0 saturated carbocycles. The molecule has 1 rings (SSSR count). The van der Waals surface area contributed by atoms with Gasteiger partial charge in [-0.25, -0.2) is 4.98 Å². The molecule has 0 aliphatic rings. The molecule has 9 heteroatoms. The standard InChI is InChI=1S/C9H11N3O5S/c1-6(13)17-4-2-3-7(14)11-9-10-5-8(18-9)12(15)16/h5H,2-4H2,1H3,(H,10,11,14). The predicted molar refractivity (Wildman–Crippen MR) is 63.3 cm³/mol. The predicted octanol–water partition coefficient (Wildman–Crippen LogP) is 1.33. The number of hydrogen-bond donors (Lipinski definition) is 1. The second-order valence-electron chi connectivity index (χ2n) is 3.25. The molecule has 98 valence electrons. The Kier molecular flexibility index (Phi) is 5.18. The summed E-state index contributed by atoms with van der Waals surface area (Å²) in [6.07, 6.45) is 1.62. The molecule has 8 nitrogen and oxygen atoms in total. The molecule has 0 fully saturated rings. The van der Waals surface area contributed by atoms with Crippen LogP contribution in [0.25, 0.3) is 0 Å². The average molecular weight is 273 g/mol. The van der Waals surface area contributed by atoms with Gasteiger partial charge < -0.3 is 10.1 Å². The summed E-state index contributed by atoms with van der Waals surface area (Å²) in [5.41, 5.74) is 0. The Morgan fingerprint density at radius 1 is 1.61 bits per heavy atom. The minimum Gasteiger partial charge on any atom is -0.466 e. The molecule has 1 aromatic rings. The number of anilines is 1. The van der Waals surface area contributed by atoms with E-state index in [4.69, 9.17) is 0 Å². The Morgan fingerprint density at radius 2 is 2.33 bits per heavy atom. The maximum atomic E-state index is 11.4. The van der Waals surface area contributed by atoms with E-state index >= 15 is 0 Å². The molecule has 0 saturated heterocycles. The van der Waals surface area contributed by atoms with Crippen LogP contribution in [0.2, 0.25) is 0 Å². The van der Waals surface area contributed by atoms with Gasteiger partial charge >= 0.3 is 11.0 Å². The number of thiazole rings is 1. The topological polar surface area (TPSA) is 111 Å². The zero-order valence-electron chi connectivity index (χ0n) is 9.54. The molecule has 0 aliphatic heterocycles. The van der Waals surface area contributed by atoms with Crippen molar-refractivity contribution >= 4 is 33.3 Å². The molecular formula is C9H11N3O5S. The first-order valence-corrected chi connectivity index (χ1v) is 5.84. The number of carbonyl (C=O) groups is 2. The van der Waals surface area contributed by atoms with E-state index in [1.165, 1.54) is 6.92 Å². The summed E-state index contributed by atoms with van der Waals surface area (Å²) in [7, 11) is 0. The van der Waals surface area contributed by atoms with Crippen LogP contribution in [0.15, 0.2) is 6.20 Å². The van der Waals surface area contributed by atoms with Crippen LogP contribution >= 0.6 is 11.3 Å². The minimum absolute atomic E-state index is 0.134. The van der Waals surface area contributed by atoms with Crippen molar-refractivity contribution in [3.8, 4) is 0 Å².